The van der Waals surface area contributed by atoms with E-state index in [1.807, 2.05) is 0 Å². The average molecular weight is 779 g/mol. The van der Waals surface area contributed by atoms with Gasteiger partial charge in [-0.1, -0.05) is 152 Å². The highest BCUT2D eigenvalue weighted by Crippen LogP contribution is 2.22. The van der Waals surface area contributed by atoms with Gasteiger partial charge in [0.2, 0.25) is 0 Å². The van der Waals surface area contributed by atoms with Crippen molar-refractivity contribution in [3.63, 3.8) is 0 Å². The van der Waals surface area contributed by atoms with Gasteiger partial charge in [0.1, 0.15) is 31.0 Å². The minimum absolute atomic E-state index is 0.222. The highest BCUT2D eigenvalue weighted by Gasteiger charge is 2.44. The van der Waals surface area contributed by atoms with E-state index in [2.05, 4.69) is 62.5 Å². The van der Waals surface area contributed by atoms with E-state index in [1.165, 1.54) is 70.6 Å². The Morgan fingerprint density at radius 2 is 1.07 bits per heavy atom. The molecule has 55 heavy (non-hydrogen) atoms. The molecule has 1 aliphatic rings. The van der Waals surface area contributed by atoms with Crippen LogP contribution in [0.5, 0.6) is 0 Å². The van der Waals surface area contributed by atoms with Crippen LogP contribution in [0.15, 0.2) is 48.6 Å². The first kappa shape index (κ1) is 50.7. The summed E-state index contributed by atoms with van der Waals surface area (Å²) < 4.78 is 22.1. The van der Waals surface area contributed by atoms with E-state index < -0.39 is 55.4 Å². The fourth-order valence-electron chi connectivity index (χ4n) is 6.30. The molecule has 1 fully saturated rings. The second-order valence-corrected chi connectivity index (χ2v) is 14.8. The number of aliphatic hydroxyl groups excluding tert-OH is 4. The quantitative estimate of drug-likeness (QED) is 0.0279. The third kappa shape index (κ3) is 27.8. The number of carbonyl (C=O) groups excluding carboxylic acids is 2. The lowest BCUT2D eigenvalue weighted by Crippen LogP contribution is -2.59. The molecule has 0 saturated carbocycles. The molecule has 0 aromatic rings. The normalized spacial score (nSPS) is 21.0. The largest absolute Gasteiger partial charge is 0.462 e. The molecule has 1 saturated heterocycles. The Kier molecular flexibility index (Phi) is 33.2. The van der Waals surface area contributed by atoms with Crippen LogP contribution in [-0.4, -0.2) is 89.0 Å². The van der Waals surface area contributed by atoms with Gasteiger partial charge in [0.15, 0.2) is 12.4 Å². The van der Waals surface area contributed by atoms with Crippen LogP contribution < -0.4 is 0 Å². The van der Waals surface area contributed by atoms with Crippen molar-refractivity contribution in [3.05, 3.63) is 48.6 Å². The summed E-state index contributed by atoms with van der Waals surface area (Å²) in [5.74, 6) is -0.854. The zero-order valence-electron chi connectivity index (χ0n) is 34.4. The number of allylic oxidation sites excluding steroid dienone is 8. The van der Waals surface area contributed by atoms with Crippen LogP contribution in [0.4, 0.5) is 0 Å². The predicted molar refractivity (Wildman–Crippen MR) is 219 cm³/mol. The molecule has 10 heteroatoms. The molecule has 0 aromatic heterocycles. The van der Waals surface area contributed by atoms with E-state index in [0.717, 1.165) is 57.8 Å². The third-order valence-electron chi connectivity index (χ3n) is 9.73. The molecular formula is C45H78O10. The molecule has 2 unspecified atom stereocenters. The Labute approximate surface area is 333 Å². The van der Waals surface area contributed by atoms with Gasteiger partial charge in [-0.05, 0) is 51.4 Å². The van der Waals surface area contributed by atoms with Crippen LogP contribution >= 0.6 is 0 Å². The summed E-state index contributed by atoms with van der Waals surface area (Å²) in [5, 5.41) is 40.0. The number of carbonyl (C=O) groups is 2. The van der Waals surface area contributed by atoms with Gasteiger partial charge in [0.05, 0.1) is 13.2 Å². The van der Waals surface area contributed by atoms with Crippen LogP contribution in [0.25, 0.3) is 0 Å². The standard InChI is InChI=1S/C45H78O10/c1-3-5-7-9-11-13-15-17-19-21-23-25-27-29-31-33-40(47)52-36-38(37-53-45-44(51)43(50)42(49)39(35-46)55-45)54-41(48)34-32-30-28-26-24-22-20-18-16-14-12-10-8-6-4-2/h5,7,11,13,17,19,23,25,38-39,42-46,49-51H,3-4,6,8-10,12,14-16,18,20-22,24,26-37H2,1-2H3/b7-5+,13-11+,19-17+,25-23+/t38-,39-,42+,43?,44?,45-/m0/s1. The van der Waals surface area contributed by atoms with E-state index in [0.29, 0.717) is 12.8 Å². The lowest BCUT2D eigenvalue weighted by molar-refractivity contribution is -0.305. The summed E-state index contributed by atoms with van der Waals surface area (Å²) in [5.41, 5.74) is 0. The van der Waals surface area contributed by atoms with Gasteiger partial charge in [-0.15, -0.1) is 0 Å². The molecule has 4 N–H and O–H groups in total. The molecule has 0 amide bonds. The maximum absolute atomic E-state index is 12.7. The second-order valence-electron chi connectivity index (χ2n) is 14.8. The molecule has 318 valence electrons. The maximum atomic E-state index is 12.7. The van der Waals surface area contributed by atoms with Crippen molar-refractivity contribution in [2.45, 2.75) is 205 Å². The molecule has 6 atom stereocenters. The number of aliphatic hydroxyl groups is 4. The van der Waals surface area contributed by atoms with Crippen LogP contribution in [0.2, 0.25) is 0 Å². The number of esters is 2. The van der Waals surface area contributed by atoms with E-state index in [4.69, 9.17) is 18.9 Å². The molecule has 0 spiro atoms. The average Bonchev–Trinajstić information content (AvgIpc) is 3.18. The summed E-state index contributed by atoms with van der Waals surface area (Å²) in [6, 6.07) is 0. The topological polar surface area (TPSA) is 152 Å². The fraction of sp³-hybridized carbons (Fsp3) is 0.778. The van der Waals surface area contributed by atoms with E-state index in [1.54, 1.807) is 0 Å². The number of hydrogen-bond donors (Lipinski definition) is 4. The summed E-state index contributed by atoms with van der Waals surface area (Å²) >= 11 is 0. The van der Waals surface area contributed by atoms with Crippen molar-refractivity contribution in [3.8, 4) is 0 Å². The van der Waals surface area contributed by atoms with E-state index >= 15 is 0 Å². The van der Waals surface area contributed by atoms with Gasteiger partial charge in [-0.2, -0.15) is 0 Å². The number of rotatable bonds is 35. The molecule has 0 aliphatic carbocycles. The number of hydrogen-bond acceptors (Lipinski definition) is 10. The molecular weight excluding hydrogens is 700 g/mol. The van der Waals surface area contributed by atoms with Crippen LogP contribution in [0.1, 0.15) is 168 Å². The minimum Gasteiger partial charge on any atom is -0.462 e. The molecule has 0 aromatic carbocycles. The summed E-state index contributed by atoms with van der Waals surface area (Å²) in [6.07, 6.45) is 34.0. The first-order valence-electron chi connectivity index (χ1n) is 21.7. The molecule has 1 heterocycles. The smallest absolute Gasteiger partial charge is 0.306 e. The van der Waals surface area contributed by atoms with Gasteiger partial charge < -0.3 is 39.4 Å². The Balaban J connectivity index is 2.38. The van der Waals surface area contributed by atoms with Crippen molar-refractivity contribution < 1.29 is 49.0 Å². The van der Waals surface area contributed by atoms with Crippen LogP contribution in [-0.2, 0) is 28.5 Å². The molecule has 1 rings (SSSR count). The van der Waals surface area contributed by atoms with E-state index in [9.17, 15) is 30.0 Å². The Morgan fingerprint density at radius 1 is 0.582 bits per heavy atom. The van der Waals surface area contributed by atoms with Gasteiger partial charge in [0.25, 0.3) is 0 Å². The van der Waals surface area contributed by atoms with Gasteiger partial charge in [-0.3, -0.25) is 9.59 Å². The first-order chi connectivity index (χ1) is 26.8. The lowest BCUT2D eigenvalue weighted by Gasteiger charge is -2.39. The highest BCUT2D eigenvalue weighted by atomic mass is 16.7. The van der Waals surface area contributed by atoms with Gasteiger partial charge in [0, 0.05) is 12.8 Å². The van der Waals surface area contributed by atoms with Crippen LogP contribution in [0, 0.1) is 0 Å². The predicted octanol–water partition coefficient (Wildman–Crippen LogP) is 8.88. The lowest BCUT2D eigenvalue weighted by atomic mass is 9.99. The highest BCUT2D eigenvalue weighted by molar-refractivity contribution is 5.70. The monoisotopic (exact) mass is 779 g/mol. The van der Waals surface area contributed by atoms with Gasteiger partial charge >= 0.3 is 11.9 Å². The van der Waals surface area contributed by atoms with Gasteiger partial charge in [-0.25, -0.2) is 0 Å². The van der Waals surface area contributed by atoms with Crippen molar-refractivity contribution in [1.29, 1.82) is 0 Å². The SMILES string of the molecule is CC/C=C/C/C=C/C/C=C/C/C=C/CCCCC(=O)OC[C@@H](CO[C@H]1O[C@@H](CO)[C@@H](O)C(O)C1O)OC(=O)CCCCCCCCCCCCCCCCC. The first-order valence-corrected chi connectivity index (χ1v) is 21.7. The van der Waals surface area contributed by atoms with Crippen molar-refractivity contribution in [1.82, 2.24) is 0 Å². The van der Waals surface area contributed by atoms with E-state index in [-0.39, 0.29) is 26.1 Å². The van der Waals surface area contributed by atoms with Crippen LogP contribution in [0.3, 0.4) is 0 Å². The second kappa shape index (κ2) is 36.0. The molecule has 0 bridgehead atoms. The Bertz CT molecular complexity index is 1040. The Morgan fingerprint density at radius 3 is 1.62 bits per heavy atom. The number of ether oxygens (including phenoxy) is 4. The third-order valence-corrected chi connectivity index (χ3v) is 9.73. The minimum atomic E-state index is -1.60. The molecule has 1 aliphatic heterocycles. The zero-order valence-corrected chi connectivity index (χ0v) is 34.4. The van der Waals surface area contributed by atoms with Crippen molar-refractivity contribution in [2.75, 3.05) is 19.8 Å². The zero-order chi connectivity index (χ0) is 40.2. The number of unbranched alkanes of at least 4 members (excludes halogenated alkanes) is 16. The van der Waals surface area contributed by atoms with Crippen molar-refractivity contribution >= 4 is 11.9 Å². The summed E-state index contributed by atoms with van der Waals surface area (Å²) in [7, 11) is 0. The molecule has 0 radical (unpaired) electrons. The molecule has 10 nitrogen and oxygen atoms in total. The summed E-state index contributed by atoms with van der Waals surface area (Å²) in [4.78, 5) is 25.3. The maximum Gasteiger partial charge on any atom is 0.306 e. The van der Waals surface area contributed by atoms with Crippen molar-refractivity contribution in [2.24, 2.45) is 0 Å². The fourth-order valence-corrected chi connectivity index (χ4v) is 6.30. The Hall–Kier alpha value is -2.34. The summed E-state index contributed by atoms with van der Waals surface area (Å²) in [6.45, 7) is 3.26.